The number of phenols is 1. The van der Waals surface area contributed by atoms with E-state index in [0.29, 0.717) is 12.3 Å². The van der Waals surface area contributed by atoms with Crippen LogP contribution in [0.25, 0.3) is 0 Å². The molecule has 1 aromatic heterocycles. The van der Waals surface area contributed by atoms with Crippen LogP contribution in [0.15, 0.2) is 36.7 Å². The molecule has 1 heterocycles. The van der Waals surface area contributed by atoms with Crippen LogP contribution in [0, 0.1) is 0 Å². The molecule has 0 atom stereocenters. The van der Waals surface area contributed by atoms with Crippen LogP contribution in [0.3, 0.4) is 0 Å². The van der Waals surface area contributed by atoms with Crippen LogP contribution in [0.5, 0.6) is 5.75 Å². The number of nitrogens with zero attached hydrogens (tertiary/aromatic N) is 1. The highest BCUT2D eigenvalue weighted by molar-refractivity contribution is 5.26. The SMILES string of the molecule is Oc1cccc(CNCc2ncc[nH]2)c1. The lowest BCUT2D eigenvalue weighted by molar-refractivity contribution is 0.474. The van der Waals surface area contributed by atoms with Crippen LogP contribution >= 0.6 is 0 Å². The van der Waals surface area contributed by atoms with E-state index in [2.05, 4.69) is 15.3 Å². The van der Waals surface area contributed by atoms with Gasteiger partial charge in [0, 0.05) is 18.9 Å². The van der Waals surface area contributed by atoms with Crippen LogP contribution in [0.4, 0.5) is 0 Å². The smallest absolute Gasteiger partial charge is 0.120 e. The second kappa shape index (κ2) is 4.61. The van der Waals surface area contributed by atoms with Crippen LogP contribution in [0.2, 0.25) is 0 Å². The summed E-state index contributed by atoms with van der Waals surface area (Å²) in [5, 5.41) is 12.5. The molecular weight excluding hydrogens is 190 g/mol. The van der Waals surface area contributed by atoms with Crippen LogP contribution < -0.4 is 5.32 Å². The van der Waals surface area contributed by atoms with Gasteiger partial charge in [-0.1, -0.05) is 12.1 Å². The maximum absolute atomic E-state index is 9.25. The van der Waals surface area contributed by atoms with Gasteiger partial charge in [0.15, 0.2) is 0 Å². The van der Waals surface area contributed by atoms with Crippen molar-refractivity contribution in [1.29, 1.82) is 0 Å². The van der Waals surface area contributed by atoms with Crippen LogP contribution in [-0.4, -0.2) is 15.1 Å². The number of benzene rings is 1. The van der Waals surface area contributed by atoms with Crippen LogP contribution in [-0.2, 0) is 13.1 Å². The first-order chi connectivity index (χ1) is 7.34. The third-order valence-electron chi connectivity index (χ3n) is 2.09. The van der Waals surface area contributed by atoms with Crippen LogP contribution in [0.1, 0.15) is 11.4 Å². The van der Waals surface area contributed by atoms with Gasteiger partial charge < -0.3 is 15.4 Å². The Morgan fingerprint density at radius 2 is 2.27 bits per heavy atom. The highest BCUT2D eigenvalue weighted by Gasteiger charge is 1.96. The largest absolute Gasteiger partial charge is 0.508 e. The summed E-state index contributed by atoms with van der Waals surface area (Å²) >= 11 is 0. The lowest BCUT2D eigenvalue weighted by atomic mass is 10.2. The second-order valence-electron chi connectivity index (χ2n) is 3.31. The molecular formula is C11H13N3O. The Balaban J connectivity index is 1.83. The van der Waals surface area contributed by atoms with Gasteiger partial charge in [0.05, 0.1) is 6.54 Å². The third-order valence-corrected chi connectivity index (χ3v) is 2.09. The average Bonchev–Trinajstić information content (AvgIpc) is 2.71. The molecule has 4 nitrogen and oxygen atoms in total. The highest BCUT2D eigenvalue weighted by atomic mass is 16.3. The number of aromatic nitrogens is 2. The first kappa shape index (κ1) is 9.73. The molecule has 2 rings (SSSR count). The van der Waals surface area contributed by atoms with Gasteiger partial charge in [-0.15, -0.1) is 0 Å². The molecule has 1 aromatic carbocycles. The standard InChI is InChI=1S/C11H13N3O/c15-10-3-1-2-9(6-10)7-12-8-11-13-4-5-14-11/h1-6,12,15H,7-8H2,(H,13,14). The molecule has 15 heavy (non-hydrogen) atoms. The molecule has 4 heteroatoms. The number of hydrogen-bond donors (Lipinski definition) is 3. The Kier molecular flexibility index (Phi) is 2.99. The Morgan fingerprint density at radius 1 is 1.33 bits per heavy atom. The molecule has 0 unspecified atom stereocenters. The van der Waals surface area contributed by atoms with E-state index >= 15 is 0 Å². The van der Waals surface area contributed by atoms with Crippen molar-refractivity contribution in [3.05, 3.63) is 48.0 Å². The predicted molar refractivity (Wildman–Crippen MR) is 57.2 cm³/mol. The summed E-state index contributed by atoms with van der Waals surface area (Å²) in [6, 6.07) is 7.21. The van der Waals surface area contributed by atoms with E-state index in [1.807, 2.05) is 12.1 Å². The zero-order valence-corrected chi connectivity index (χ0v) is 8.27. The maximum Gasteiger partial charge on any atom is 0.120 e. The molecule has 0 aliphatic heterocycles. The number of phenolic OH excluding ortho intramolecular Hbond substituents is 1. The Labute approximate surface area is 88.0 Å². The zero-order valence-electron chi connectivity index (χ0n) is 8.27. The summed E-state index contributed by atoms with van der Waals surface area (Å²) in [5.74, 6) is 1.21. The van der Waals surface area contributed by atoms with Crippen molar-refractivity contribution in [2.75, 3.05) is 0 Å². The average molecular weight is 203 g/mol. The zero-order chi connectivity index (χ0) is 10.5. The minimum absolute atomic E-state index is 0.298. The van der Waals surface area contributed by atoms with Gasteiger partial charge in [0.2, 0.25) is 0 Å². The van der Waals surface area contributed by atoms with E-state index in [1.165, 1.54) is 0 Å². The first-order valence-corrected chi connectivity index (χ1v) is 4.81. The third kappa shape index (κ3) is 2.82. The van der Waals surface area contributed by atoms with E-state index in [0.717, 1.165) is 17.9 Å². The number of rotatable bonds is 4. The fourth-order valence-electron chi connectivity index (χ4n) is 1.39. The fourth-order valence-corrected chi connectivity index (χ4v) is 1.39. The van der Waals surface area contributed by atoms with Crippen molar-refractivity contribution >= 4 is 0 Å². The van der Waals surface area contributed by atoms with Crippen molar-refractivity contribution in [3.8, 4) is 5.75 Å². The van der Waals surface area contributed by atoms with Crippen molar-refractivity contribution in [2.45, 2.75) is 13.1 Å². The van der Waals surface area contributed by atoms with E-state index in [-0.39, 0.29) is 0 Å². The van der Waals surface area contributed by atoms with Gasteiger partial charge in [-0.3, -0.25) is 0 Å². The maximum atomic E-state index is 9.25. The minimum Gasteiger partial charge on any atom is -0.508 e. The molecule has 0 radical (unpaired) electrons. The van der Waals surface area contributed by atoms with Gasteiger partial charge in [-0.2, -0.15) is 0 Å². The Hall–Kier alpha value is -1.81. The van der Waals surface area contributed by atoms with Crippen molar-refractivity contribution in [3.63, 3.8) is 0 Å². The fraction of sp³-hybridized carbons (Fsp3) is 0.182. The number of hydrogen-bond acceptors (Lipinski definition) is 3. The first-order valence-electron chi connectivity index (χ1n) is 4.81. The second-order valence-corrected chi connectivity index (χ2v) is 3.31. The molecule has 0 amide bonds. The summed E-state index contributed by atoms with van der Waals surface area (Å²) in [7, 11) is 0. The van der Waals surface area contributed by atoms with Crippen molar-refractivity contribution in [2.24, 2.45) is 0 Å². The van der Waals surface area contributed by atoms with Gasteiger partial charge in [-0.25, -0.2) is 4.98 Å². The topological polar surface area (TPSA) is 60.9 Å². The Bertz CT molecular complexity index is 412. The Morgan fingerprint density at radius 3 is 3.00 bits per heavy atom. The van der Waals surface area contributed by atoms with Crippen molar-refractivity contribution < 1.29 is 5.11 Å². The van der Waals surface area contributed by atoms with Crippen molar-refractivity contribution in [1.82, 2.24) is 15.3 Å². The quantitative estimate of drug-likeness (QED) is 0.704. The molecule has 0 fully saturated rings. The number of H-pyrrole nitrogens is 1. The monoisotopic (exact) mass is 203 g/mol. The minimum atomic E-state index is 0.298. The number of aromatic amines is 1. The molecule has 78 valence electrons. The molecule has 0 aliphatic rings. The van der Waals surface area contributed by atoms with E-state index in [9.17, 15) is 5.11 Å². The van der Waals surface area contributed by atoms with Gasteiger partial charge in [0.25, 0.3) is 0 Å². The molecule has 0 saturated heterocycles. The number of nitrogens with one attached hydrogen (secondary N) is 2. The van der Waals surface area contributed by atoms with E-state index in [4.69, 9.17) is 0 Å². The molecule has 0 spiro atoms. The summed E-state index contributed by atoms with van der Waals surface area (Å²) < 4.78 is 0. The number of aromatic hydroxyl groups is 1. The number of imidazole rings is 1. The molecule has 0 saturated carbocycles. The van der Waals surface area contributed by atoms with Gasteiger partial charge in [0.1, 0.15) is 11.6 Å². The molecule has 2 aromatic rings. The summed E-state index contributed by atoms with van der Waals surface area (Å²) in [6.07, 6.45) is 3.52. The lowest BCUT2D eigenvalue weighted by Crippen LogP contribution is -2.13. The summed E-state index contributed by atoms with van der Waals surface area (Å²) in [6.45, 7) is 1.41. The molecule has 3 N–H and O–H groups in total. The normalized spacial score (nSPS) is 10.4. The van der Waals surface area contributed by atoms with E-state index < -0.39 is 0 Å². The lowest BCUT2D eigenvalue weighted by Gasteiger charge is -2.03. The molecule has 0 aliphatic carbocycles. The molecule has 0 bridgehead atoms. The van der Waals surface area contributed by atoms with Gasteiger partial charge in [-0.05, 0) is 17.7 Å². The van der Waals surface area contributed by atoms with Gasteiger partial charge >= 0.3 is 0 Å². The van der Waals surface area contributed by atoms with E-state index in [1.54, 1.807) is 24.5 Å². The summed E-state index contributed by atoms with van der Waals surface area (Å²) in [4.78, 5) is 7.11. The predicted octanol–water partition coefficient (Wildman–Crippen LogP) is 1.41. The summed E-state index contributed by atoms with van der Waals surface area (Å²) in [5.41, 5.74) is 1.06. The highest BCUT2D eigenvalue weighted by Crippen LogP contribution is 2.10.